The van der Waals surface area contributed by atoms with Crippen LogP contribution in [0.2, 0.25) is 0 Å². The van der Waals surface area contributed by atoms with E-state index < -0.39 is 10.0 Å². The second-order valence-corrected chi connectivity index (χ2v) is 7.55. The number of nitrogens with zero attached hydrogens (tertiary/aromatic N) is 1. The maximum absolute atomic E-state index is 12.5. The summed E-state index contributed by atoms with van der Waals surface area (Å²) >= 11 is 6.41. The van der Waals surface area contributed by atoms with Crippen molar-refractivity contribution >= 4 is 38.6 Å². The smallest absolute Gasteiger partial charge is 0.243 e. The lowest BCUT2D eigenvalue weighted by atomic mass is 10.2. The Bertz CT molecular complexity index is 709. The van der Waals surface area contributed by atoms with Gasteiger partial charge in [0.2, 0.25) is 10.0 Å². The summed E-state index contributed by atoms with van der Waals surface area (Å²) in [6.45, 7) is 0.336. The van der Waals surface area contributed by atoms with Gasteiger partial charge in [-0.25, -0.2) is 8.42 Å². The Kier molecular flexibility index (Phi) is 4.54. The maximum atomic E-state index is 12.5. The SMILES string of the molecule is CN(Cc1ccsc1)S(=O)(=O)c1cccc(C(N)=S)c1. The van der Waals surface area contributed by atoms with Crippen molar-refractivity contribution in [1.82, 2.24) is 4.31 Å². The number of hydrogen-bond acceptors (Lipinski definition) is 4. The van der Waals surface area contributed by atoms with Gasteiger partial charge in [0.25, 0.3) is 0 Å². The van der Waals surface area contributed by atoms with Crippen LogP contribution >= 0.6 is 23.6 Å². The van der Waals surface area contributed by atoms with Gasteiger partial charge in [-0.15, -0.1) is 0 Å². The molecule has 7 heteroatoms. The van der Waals surface area contributed by atoms with Crippen molar-refractivity contribution in [1.29, 1.82) is 0 Å². The molecule has 20 heavy (non-hydrogen) atoms. The molecular formula is C13H14N2O2S3. The van der Waals surface area contributed by atoms with E-state index in [1.807, 2.05) is 16.8 Å². The standard InChI is InChI=1S/C13H14N2O2S3/c1-15(8-10-5-6-19-9-10)20(16,17)12-4-2-3-11(7-12)13(14)18/h2-7,9H,8H2,1H3,(H2,14,18). The van der Waals surface area contributed by atoms with Crippen LogP contribution in [0, 0.1) is 0 Å². The molecule has 1 aromatic carbocycles. The van der Waals surface area contributed by atoms with E-state index in [-0.39, 0.29) is 9.88 Å². The van der Waals surface area contributed by atoms with E-state index in [1.54, 1.807) is 25.2 Å². The zero-order valence-electron chi connectivity index (χ0n) is 10.8. The third-order valence-electron chi connectivity index (χ3n) is 2.81. The molecule has 2 N–H and O–H groups in total. The molecule has 0 atom stereocenters. The second-order valence-electron chi connectivity index (χ2n) is 4.28. The van der Waals surface area contributed by atoms with Crippen LogP contribution in [0.3, 0.4) is 0 Å². The van der Waals surface area contributed by atoms with Gasteiger partial charge in [-0.3, -0.25) is 0 Å². The number of thiocarbonyl (C=S) groups is 1. The van der Waals surface area contributed by atoms with Crippen molar-refractivity contribution in [3.05, 3.63) is 52.2 Å². The fourth-order valence-corrected chi connectivity index (χ4v) is 3.71. The highest BCUT2D eigenvalue weighted by Crippen LogP contribution is 2.19. The van der Waals surface area contributed by atoms with Gasteiger partial charge in [0.05, 0.1) is 4.90 Å². The van der Waals surface area contributed by atoms with Crippen molar-refractivity contribution < 1.29 is 8.42 Å². The quantitative estimate of drug-likeness (QED) is 0.856. The number of sulfonamides is 1. The summed E-state index contributed by atoms with van der Waals surface area (Å²) in [6.07, 6.45) is 0. The van der Waals surface area contributed by atoms with Crippen LogP contribution in [0.25, 0.3) is 0 Å². The van der Waals surface area contributed by atoms with Gasteiger partial charge >= 0.3 is 0 Å². The summed E-state index contributed by atoms with van der Waals surface area (Å²) in [7, 11) is -1.99. The molecule has 0 saturated carbocycles. The lowest BCUT2D eigenvalue weighted by molar-refractivity contribution is 0.467. The van der Waals surface area contributed by atoms with Gasteiger partial charge < -0.3 is 5.73 Å². The number of hydrogen-bond donors (Lipinski definition) is 1. The minimum absolute atomic E-state index is 0.183. The molecule has 4 nitrogen and oxygen atoms in total. The predicted octanol–water partition coefficient (Wildman–Crippen LogP) is 2.20. The van der Waals surface area contributed by atoms with Crippen LogP contribution in [0.4, 0.5) is 0 Å². The van der Waals surface area contributed by atoms with E-state index in [0.29, 0.717) is 12.1 Å². The predicted molar refractivity (Wildman–Crippen MR) is 85.3 cm³/mol. The monoisotopic (exact) mass is 326 g/mol. The van der Waals surface area contributed by atoms with Crippen molar-refractivity contribution in [2.45, 2.75) is 11.4 Å². The van der Waals surface area contributed by atoms with Crippen LogP contribution in [0.15, 0.2) is 46.0 Å². The van der Waals surface area contributed by atoms with Crippen LogP contribution < -0.4 is 5.73 Å². The molecule has 0 bridgehead atoms. The van der Waals surface area contributed by atoms with Crippen molar-refractivity contribution in [3.63, 3.8) is 0 Å². The number of benzene rings is 1. The molecule has 106 valence electrons. The average molecular weight is 326 g/mol. The minimum Gasteiger partial charge on any atom is -0.389 e. The molecule has 0 radical (unpaired) electrons. The topological polar surface area (TPSA) is 63.4 Å². The third-order valence-corrected chi connectivity index (χ3v) is 5.58. The van der Waals surface area contributed by atoms with Crippen LogP contribution in [0.1, 0.15) is 11.1 Å². The average Bonchev–Trinajstić information content (AvgIpc) is 2.91. The zero-order valence-corrected chi connectivity index (χ0v) is 13.3. The number of rotatable bonds is 5. The van der Waals surface area contributed by atoms with Gasteiger partial charge in [-0.2, -0.15) is 15.6 Å². The Morgan fingerprint density at radius 3 is 2.75 bits per heavy atom. The van der Waals surface area contributed by atoms with E-state index in [2.05, 4.69) is 0 Å². The first-order valence-electron chi connectivity index (χ1n) is 5.78. The highest BCUT2D eigenvalue weighted by molar-refractivity contribution is 7.89. The third kappa shape index (κ3) is 3.24. The summed E-state index contributed by atoms with van der Waals surface area (Å²) in [5.74, 6) is 0. The highest BCUT2D eigenvalue weighted by atomic mass is 32.2. The molecule has 2 rings (SSSR count). The maximum Gasteiger partial charge on any atom is 0.243 e. The molecule has 0 aliphatic carbocycles. The van der Waals surface area contributed by atoms with Crippen LogP contribution in [-0.2, 0) is 16.6 Å². The first-order valence-corrected chi connectivity index (χ1v) is 8.57. The molecule has 0 fully saturated rings. The Morgan fingerprint density at radius 1 is 1.40 bits per heavy atom. The highest BCUT2D eigenvalue weighted by Gasteiger charge is 2.21. The van der Waals surface area contributed by atoms with Gasteiger partial charge in [-0.1, -0.05) is 24.4 Å². The van der Waals surface area contributed by atoms with Gasteiger partial charge in [-0.05, 0) is 34.5 Å². The molecule has 0 aliphatic heterocycles. The molecule has 0 unspecified atom stereocenters. The number of nitrogens with two attached hydrogens (primary N) is 1. The number of thiophene rings is 1. The molecule has 0 amide bonds. The fraction of sp³-hybridized carbons (Fsp3) is 0.154. The Labute approximate surface area is 127 Å². The molecule has 1 aromatic heterocycles. The molecule has 0 aliphatic rings. The van der Waals surface area contributed by atoms with Crippen molar-refractivity contribution in [2.75, 3.05) is 7.05 Å². The molecule has 0 spiro atoms. The molecule has 2 aromatic rings. The molecule has 0 saturated heterocycles. The van der Waals surface area contributed by atoms with Crippen LogP contribution in [-0.4, -0.2) is 24.8 Å². The van der Waals surface area contributed by atoms with E-state index in [4.69, 9.17) is 18.0 Å². The summed E-state index contributed by atoms with van der Waals surface area (Å²) in [4.78, 5) is 0.378. The van der Waals surface area contributed by atoms with E-state index in [9.17, 15) is 8.42 Å². The van der Waals surface area contributed by atoms with Gasteiger partial charge in [0, 0.05) is 19.2 Å². The van der Waals surface area contributed by atoms with Gasteiger partial charge in [0.15, 0.2) is 0 Å². The first-order chi connectivity index (χ1) is 9.41. The van der Waals surface area contributed by atoms with Gasteiger partial charge in [0.1, 0.15) is 4.99 Å². The largest absolute Gasteiger partial charge is 0.389 e. The summed E-state index contributed by atoms with van der Waals surface area (Å²) in [5, 5.41) is 3.85. The van der Waals surface area contributed by atoms with Crippen LogP contribution in [0.5, 0.6) is 0 Å². The summed E-state index contributed by atoms with van der Waals surface area (Å²) < 4.78 is 26.3. The van der Waals surface area contributed by atoms with E-state index in [1.165, 1.54) is 21.7 Å². The zero-order chi connectivity index (χ0) is 14.8. The fourth-order valence-electron chi connectivity index (χ4n) is 1.71. The summed E-state index contributed by atoms with van der Waals surface area (Å²) in [5.41, 5.74) is 7.05. The second kappa shape index (κ2) is 6.01. The summed E-state index contributed by atoms with van der Waals surface area (Å²) in [6, 6.07) is 8.28. The normalized spacial score (nSPS) is 11.7. The Hall–Kier alpha value is -1.28. The Morgan fingerprint density at radius 2 is 2.15 bits per heavy atom. The lowest BCUT2D eigenvalue weighted by Crippen LogP contribution is -2.26. The lowest BCUT2D eigenvalue weighted by Gasteiger charge is -2.17. The van der Waals surface area contributed by atoms with E-state index >= 15 is 0 Å². The first kappa shape index (κ1) is 15.1. The molecule has 1 heterocycles. The Balaban J connectivity index is 2.29. The van der Waals surface area contributed by atoms with E-state index in [0.717, 1.165) is 5.56 Å². The van der Waals surface area contributed by atoms with Crippen molar-refractivity contribution in [3.8, 4) is 0 Å². The van der Waals surface area contributed by atoms with Crippen molar-refractivity contribution in [2.24, 2.45) is 5.73 Å². The molecular weight excluding hydrogens is 312 g/mol. The minimum atomic E-state index is -3.55.